The van der Waals surface area contributed by atoms with Gasteiger partial charge in [-0.3, -0.25) is 10.1 Å². The summed E-state index contributed by atoms with van der Waals surface area (Å²) >= 11 is 7.17. The lowest BCUT2D eigenvalue weighted by Crippen LogP contribution is -2.28. The maximum absolute atomic E-state index is 13.8. The summed E-state index contributed by atoms with van der Waals surface area (Å²) in [5.74, 6) is -1.84. The van der Waals surface area contributed by atoms with Gasteiger partial charge in [-0.2, -0.15) is 0 Å². The SMILES string of the molecule is O=C(O)C(NCc1cccs1)c1cccc(Cl)c1F. The van der Waals surface area contributed by atoms with Gasteiger partial charge in [0.15, 0.2) is 0 Å². The number of carbonyl (C=O) groups is 1. The van der Waals surface area contributed by atoms with E-state index >= 15 is 0 Å². The van der Waals surface area contributed by atoms with Crippen LogP contribution in [0, 0.1) is 5.82 Å². The highest BCUT2D eigenvalue weighted by molar-refractivity contribution is 7.09. The molecule has 1 aromatic heterocycles. The third-order valence-electron chi connectivity index (χ3n) is 2.60. The fraction of sp³-hybridized carbons (Fsp3) is 0.154. The van der Waals surface area contributed by atoms with Crippen LogP contribution in [0.1, 0.15) is 16.5 Å². The Labute approximate surface area is 118 Å². The smallest absolute Gasteiger partial charge is 0.325 e. The molecule has 2 N–H and O–H groups in total. The van der Waals surface area contributed by atoms with Crippen LogP contribution in [-0.4, -0.2) is 11.1 Å². The van der Waals surface area contributed by atoms with Crippen LogP contribution in [0.25, 0.3) is 0 Å². The molecular formula is C13H11ClFNO2S. The van der Waals surface area contributed by atoms with Gasteiger partial charge in [0.25, 0.3) is 0 Å². The lowest BCUT2D eigenvalue weighted by molar-refractivity contribution is -0.139. The van der Waals surface area contributed by atoms with E-state index in [9.17, 15) is 14.3 Å². The summed E-state index contributed by atoms with van der Waals surface area (Å²) in [5.41, 5.74) is 0.0385. The Morgan fingerprint density at radius 3 is 2.84 bits per heavy atom. The molecular weight excluding hydrogens is 289 g/mol. The largest absolute Gasteiger partial charge is 0.480 e. The molecule has 0 spiro atoms. The van der Waals surface area contributed by atoms with Gasteiger partial charge >= 0.3 is 5.97 Å². The molecule has 0 bridgehead atoms. The molecule has 0 aliphatic heterocycles. The number of halogens is 2. The standard InChI is InChI=1S/C13H11ClFNO2S/c14-10-5-1-4-9(11(10)15)12(13(17)18)16-7-8-3-2-6-19-8/h1-6,12,16H,7H2,(H,17,18). The maximum atomic E-state index is 13.8. The van der Waals surface area contributed by atoms with Gasteiger partial charge in [-0.25, -0.2) is 4.39 Å². The molecule has 0 radical (unpaired) electrons. The van der Waals surface area contributed by atoms with Gasteiger partial charge in [-0.15, -0.1) is 11.3 Å². The maximum Gasteiger partial charge on any atom is 0.325 e. The Morgan fingerprint density at radius 1 is 1.42 bits per heavy atom. The average Bonchev–Trinajstić information content (AvgIpc) is 2.87. The third kappa shape index (κ3) is 3.32. The topological polar surface area (TPSA) is 49.3 Å². The lowest BCUT2D eigenvalue weighted by Gasteiger charge is -2.15. The number of nitrogens with one attached hydrogen (secondary N) is 1. The third-order valence-corrected chi connectivity index (χ3v) is 3.77. The molecule has 1 unspecified atom stereocenters. The molecule has 2 aromatic rings. The second-order valence-corrected chi connectivity index (χ2v) is 5.31. The van der Waals surface area contributed by atoms with Crippen LogP contribution < -0.4 is 5.32 Å². The second-order valence-electron chi connectivity index (χ2n) is 3.87. The van der Waals surface area contributed by atoms with Gasteiger partial charge in [0.1, 0.15) is 11.9 Å². The molecule has 19 heavy (non-hydrogen) atoms. The highest BCUT2D eigenvalue weighted by Crippen LogP contribution is 2.24. The van der Waals surface area contributed by atoms with Crippen molar-refractivity contribution in [3.05, 3.63) is 57.0 Å². The first-order chi connectivity index (χ1) is 9.09. The number of hydrogen-bond donors (Lipinski definition) is 2. The molecule has 0 saturated heterocycles. The number of carboxylic acid groups (broad SMARTS) is 1. The summed E-state index contributed by atoms with van der Waals surface area (Å²) in [7, 11) is 0. The lowest BCUT2D eigenvalue weighted by atomic mass is 10.1. The molecule has 100 valence electrons. The van der Waals surface area contributed by atoms with E-state index in [1.165, 1.54) is 29.5 Å². The predicted molar refractivity (Wildman–Crippen MR) is 72.9 cm³/mol. The van der Waals surface area contributed by atoms with Crippen molar-refractivity contribution >= 4 is 28.9 Å². The molecule has 0 aliphatic rings. The molecule has 0 aliphatic carbocycles. The van der Waals surface area contributed by atoms with E-state index in [1.54, 1.807) is 0 Å². The van der Waals surface area contributed by atoms with Gasteiger partial charge in [-0.05, 0) is 17.5 Å². The number of rotatable bonds is 5. The van der Waals surface area contributed by atoms with Crippen molar-refractivity contribution in [2.45, 2.75) is 12.6 Å². The van der Waals surface area contributed by atoms with Crippen LogP contribution in [0.4, 0.5) is 4.39 Å². The number of hydrogen-bond acceptors (Lipinski definition) is 3. The first-order valence-electron chi connectivity index (χ1n) is 5.52. The van der Waals surface area contributed by atoms with Crippen molar-refractivity contribution in [3.8, 4) is 0 Å². The summed E-state index contributed by atoms with van der Waals surface area (Å²) in [5, 5.41) is 13.8. The zero-order valence-electron chi connectivity index (χ0n) is 9.77. The minimum atomic E-state index is -1.14. The Kier molecular flexibility index (Phi) is 4.52. The molecule has 1 atom stereocenters. The van der Waals surface area contributed by atoms with Crippen LogP contribution in [0.2, 0.25) is 5.02 Å². The second kappa shape index (κ2) is 6.14. The monoisotopic (exact) mass is 299 g/mol. The van der Waals surface area contributed by atoms with E-state index in [-0.39, 0.29) is 10.6 Å². The minimum Gasteiger partial charge on any atom is -0.480 e. The highest BCUT2D eigenvalue weighted by atomic mass is 35.5. The van der Waals surface area contributed by atoms with E-state index in [0.29, 0.717) is 6.54 Å². The molecule has 1 heterocycles. The zero-order valence-corrected chi connectivity index (χ0v) is 11.3. The van der Waals surface area contributed by atoms with Crippen molar-refractivity contribution in [1.82, 2.24) is 5.32 Å². The number of benzene rings is 1. The Morgan fingerprint density at radius 2 is 2.21 bits per heavy atom. The fourth-order valence-electron chi connectivity index (χ4n) is 1.69. The van der Waals surface area contributed by atoms with Crippen molar-refractivity contribution in [1.29, 1.82) is 0 Å². The Hall–Kier alpha value is -1.43. The highest BCUT2D eigenvalue weighted by Gasteiger charge is 2.23. The molecule has 1 aromatic carbocycles. The molecule has 0 fully saturated rings. The van der Waals surface area contributed by atoms with Gasteiger partial charge < -0.3 is 5.11 Å². The molecule has 6 heteroatoms. The van der Waals surface area contributed by atoms with Crippen LogP contribution in [0.5, 0.6) is 0 Å². The molecule has 3 nitrogen and oxygen atoms in total. The summed E-state index contributed by atoms with van der Waals surface area (Å²) in [6.45, 7) is 0.362. The van der Waals surface area contributed by atoms with Crippen LogP contribution in [-0.2, 0) is 11.3 Å². The summed E-state index contributed by atoms with van der Waals surface area (Å²) in [6, 6.07) is 6.96. The Balaban J connectivity index is 2.20. The van der Waals surface area contributed by atoms with E-state index < -0.39 is 17.8 Å². The van der Waals surface area contributed by atoms with Crippen LogP contribution in [0.15, 0.2) is 35.7 Å². The molecule has 2 rings (SSSR count). The summed E-state index contributed by atoms with van der Waals surface area (Å²) in [6.07, 6.45) is 0. The van der Waals surface area contributed by atoms with E-state index in [0.717, 1.165) is 4.88 Å². The zero-order chi connectivity index (χ0) is 13.8. The number of aliphatic carboxylic acids is 1. The first kappa shape index (κ1) is 14.0. The van der Waals surface area contributed by atoms with Gasteiger partial charge in [0, 0.05) is 17.0 Å². The van der Waals surface area contributed by atoms with Crippen molar-refractivity contribution in [2.75, 3.05) is 0 Å². The normalized spacial score (nSPS) is 12.3. The van der Waals surface area contributed by atoms with Crippen molar-refractivity contribution in [2.24, 2.45) is 0 Å². The fourth-order valence-corrected chi connectivity index (χ4v) is 2.53. The first-order valence-corrected chi connectivity index (χ1v) is 6.78. The summed E-state index contributed by atoms with van der Waals surface area (Å²) in [4.78, 5) is 12.2. The van der Waals surface area contributed by atoms with E-state index in [2.05, 4.69) is 5.32 Å². The minimum absolute atomic E-state index is 0.0385. The van der Waals surface area contributed by atoms with E-state index in [1.807, 2.05) is 17.5 Å². The predicted octanol–water partition coefficient (Wildman–Crippen LogP) is 3.46. The van der Waals surface area contributed by atoms with Gasteiger partial charge in [0.2, 0.25) is 0 Å². The quantitative estimate of drug-likeness (QED) is 0.889. The van der Waals surface area contributed by atoms with Gasteiger partial charge in [-0.1, -0.05) is 29.8 Å². The van der Waals surface area contributed by atoms with Crippen molar-refractivity contribution < 1.29 is 14.3 Å². The molecule has 0 saturated carbocycles. The average molecular weight is 300 g/mol. The number of carboxylic acids is 1. The number of thiophene rings is 1. The van der Waals surface area contributed by atoms with Gasteiger partial charge in [0.05, 0.1) is 5.02 Å². The van der Waals surface area contributed by atoms with E-state index in [4.69, 9.17) is 11.6 Å². The van der Waals surface area contributed by atoms with Crippen LogP contribution in [0.3, 0.4) is 0 Å². The Bertz CT molecular complexity index is 574. The summed E-state index contributed by atoms with van der Waals surface area (Å²) < 4.78 is 13.8. The van der Waals surface area contributed by atoms with Crippen LogP contribution >= 0.6 is 22.9 Å². The van der Waals surface area contributed by atoms with Crippen molar-refractivity contribution in [3.63, 3.8) is 0 Å². The molecule has 0 amide bonds.